The van der Waals surface area contributed by atoms with Crippen molar-refractivity contribution in [3.05, 3.63) is 95.3 Å². The van der Waals surface area contributed by atoms with Gasteiger partial charge in [0.1, 0.15) is 23.5 Å². The van der Waals surface area contributed by atoms with Gasteiger partial charge in [0.15, 0.2) is 0 Å². The van der Waals surface area contributed by atoms with Crippen molar-refractivity contribution in [2.24, 2.45) is 0 Å². The minimum atomic E-state index is -0.384. The molecule has 1 unspecified atom stereocenters. The van der Waals surface area contributed by atoms with E-state index in [-0.39, 0.29) is 18.0 Å². The zero-order valence-corrected chi connectivity index (χ0v) is 17.7. The highest BCUT2D eigenvalue weighted by Crippen LogP contribution is 2.46. The third-order valence-corrected chi connectivity index (χ3v) is 5.76. The Hall–Kier alpha value is -3.28. The van der Waals surface area contributed by atoms with Gasteiger partial charge in [-0.2, -0.15) is 0 Å². The van der Waals surface area contributed by atoms with Crippen LogP contribution in [0.15, 0.2) is 78.4 Å². The van der Waals surface area contributed by atoms with Crippen LogP contribution >= 0.6 is 0 Å². The summed E-state index contributed by atoms with van der Waals surface area (Å²) in [6.45, 7) is 7.48. The van der Waals surface area contributed by atoms with Gasteiger partial charge >= 0.3 is 6.03 Å². The fourth-order valence-corrected chi connectivity index (χ4v) is 4.41. The summed E-state index contributed by atoms with van der Waals surface area (Å²) in [5.74, 6) is 0.485. The van der Waals surface area contributed by atoms with Crippen molar-refractivity contribution in [3.63, 3.8) is 0 Å². The molecule has 0 fully saturated rings. The molecule has 0 saturated heterocycles. The molecule has 30 heavy (non-hydrogen) atoms. The maximum atomic E-state index is 14.9. The predicted molar refractivity (Wildman–Crippen MR) is 115 cm³/mol. The minimum absolute atomic E-state index is 0.110. The topological polar surface area (TPSA) is 30.0 Å². The van der Waals surface area contributed by atoms with Gasteiger partial charge in [0.25, 0.3) is 0 Å². The SMILES string of the molecule is C=C1C2=C(N(C)C(=O)N1CCC)N(C)C(c1ccccc1F)N2Cc1ccccc1. The number of carbonyl (C=O) groups is 1. The van der Waals surface area contributed by atoms with Crippen molar-refractivity contribution >= 4 is 6.03 Å². The van der Waals surface area contributed by atoms with E-state index in [9.17, 15) is 9.18 Å². The van der Waals surface area contributed by atoms with E-state index in [1.165, 1.54) is 6.07 Å². The Balaban J connectivity index is 1.85. The molecule has 5 nitrogen and oxygen atoms in total. The number of benzene rings is 2. The maximum absolute atomic E-state index is 14.9. The molecule has 1 atom stereocenters. The van der Waals surface area contributed by atoms with Gasteiger partial charge in [-0.1, -0.05) is 62.0 Å². The predicted octanol–water partition coefficient (Wildman–Crippen LogP) is 4.73. The number of halogens is 1. The van der Waals surface area contributed by atoms with Crippen molar-refractivity contribution in [1.29, 1.82) is 0 Å². The lowest BCUT2D eigenvalue weighted by atomic mass is 10.1. The zero-order valence-electron chi connectivity index (χ0n) is 17.7. The van der Waals surface area contributed by atoms with Gasteiger partial charge in [0, 0.05) is 32.7 Å². The van der Waals surface area contributed by atoms with Crippen LogP contribution < -0.4 is 0 Å². The molecule has 4 rings (SSSR count). The van der Waals surface area contributed by atoms with Crippen LogP contribution in [0, 0.1) is 5.82 Å². The first kappa shape index (κ1) is 20.0. The van der Waals surface area contributed by atoms with Crippen molar-refractivity contribution in [2.45, 2.75) is 26.1 Å². The number of urea groups is 1. The van der Waals surface area contributed by atoms with Crippen molar-refractivity contribution < 1.29 is 9.18 Å². The van der Waals surface area contributed by atoms with E-state index < -0.39 is 0 Å². The molecular formula is C24H27FN4O. The first-order valence-electron chi connectivity index (χ1n) is 10.2. The van der Waals surface area contributed by atoms with Crippen LogP contribution in [0.25, 0.3) is 0 Å². The van der Waals surface area contributed by atoms with Crippen molar-refractivity contribution in [2.75, 3.05) is 20.6 Å². The Morgan fingerprint density at radius 2 is 1.70 bits per heavy atom. The van der Waals surface area contributed by atoms with Gasteiger partial charge in [0.2, 0.25) is 0 Å². The molecule has 0 radical (unpaired) electrons. The average molecular weight is 407 g/mol. The second kappa shape index (κ2) is 7.86. The third kappa shape index (κ3) is 3.12. The van der Waals surface area contributed by atoms with Crippen LogP contribution in [0.3, 0.4) is 0 Å². The number of carbonyl (C=O) groups excluding carboxylic acids is 1. The number of amides is 2. The lowest BCUT2D eigenvalue weighted by Crippen LogP contribution is -2.47. The molecule has 2 aromatic rings. The molecule has 2 aliphatic rings. The van der Waals surface area contributed by atoms with Crippen molar-refractivity contribution in [1.82, 2.24) is 19.6 Å². The zero-order chi connectivity index (χ0) is 21.4. The Labute approximate surface area is 177 Å². The first-order valence-corrected chi connectivity index (χ1v) is 10.2. The van der Waals surface area contributed by atoms with Gasteiger partial charge in [-0.3, -0.25) is 9.80 Å². The van der Waals surface area contributed by atoms with Crippen LogP contribution in [0.5, 0.6) is 0 Å². The summed E-state index contributed by atoms with van der Waals surface area (Å²) in [4.78, 5) is 20.5. The summed E-state index contributed by atoms with van der Waals surface area (Å²) in [6.07, 6.45) is 0.442. The van der Waals surface area contributed by atoms with Gasteiger partial charge in [-0.15, -0.1) is 0 Å². The maximum Gasteiger partial charge on any atom is 0.329 e. The lowest BCUT2D eigenvalue weighted by Gasteiger charge is -2.37. The smallest absolute Gasteiger partial charge is 0.329 e. The van der Waals surface area contributed by atoms with Crippen LogP contribution in [-0.2, 0) is 6.54 Å². The first-order chi connectivity index (χ1) is 14.5. The molecule has 0 saturated carbocycles. The van der Waals surface area contributed by atoms with E-state index in [4.69, 9.17) is 0 Å². The lowest BCUT2D eigenvalue weighted by molar-refractivity contribution is 0.138. The molecule has 0 aromatic heterocycles. The molecule has 0 N–H and O–H groups in total. The summed E-state index contributed by atoms with van der Waals surface area (Å²) in [6, 6.07) is 16.8. The molecule has 156 valence electrons. The van der Waals surface area contributed by atoms with E-state index in [1.807, 2.05) is 43.1 Å². The van der Waals surface area contributed by atoms with Gasteiger partial charge in [0.05, 0.1) is 5.70 Å². The van der Waals surface area contributed by atoms with Crippen LogP contribution in [0.4, 0.5) is 9.18 Å². The highest BCUT2D eigenvalue weighted by atomic mass is 19.1. The van der Waals surface area contributed by atoms with Crippen molar-refractivity contribution in [3.8, 4) is 0 Å². The summed E-state index contributed by atoms with van der Waals surface area (Å²) >= 11 is 0. The van der Waals surface area contributed by atoms with E-state index in [2.05, 4.69) is 23.6 Å². The molecule has 6 heteroatoms. The van der Waals surface area contributed by atoms with E-state index in [1.54, 1.807) is 29.0 Å². The summed E-state index contributed by atoms with van der Waals surface area (Å²) in [5, 5.41) is 0. The average Bonchev–Trinajstić information content (AvgIpc) is 3.03. The largest absolute Gasteiger partial charge is 0.338 e. The van der Waals surface area contributed by atoms with Crippen LogP contribution in [0.1, 0.15) is 30.6 Å². The fraction of sp³-hybridized carbons (Fsp3) is 0.292. The number of hydrogen-bond donors (Lipinski definition) is 0. The molecule has 2 aliphatic heterocycles. The van der Waals surface area contributed by atoms with Gasteiger partial charge in [-0.05, 0) is 18.1 Å². The summed E-state index contributed by atoms with van der Waals surface area (Å²) in [7, 11) is 3.68. The van der Waals surface area contributed by atoms with Gasteiger partial charge < -0.3 is 9.80 Å². The monoisotopic (exact) mass is 406 g/mol. The Morgan fingerprint density at radius 1 is 1.03 bits per heavy atom. The van der Waals surface area contributed by atoms with Crippen LogP contribution in [0.2, 0.25) is 0 Å². The number of nitrogens with zero attached hydrogens (tertiary/aromatic N) is 4. The van der Waals surface area contributed by atoms with Crippen LogP contribution in [-0.4, -0.2) is 46.3 Å². The Bertz CT molecular complexity index is 1000. The molecule has 0 bridgehead atoms. The second-order valence-electron chi connectivity index (χ2n) is 7.73. The normalized spacial score (nSPS) is 19.1. The fourth-order valence-electron chi connectivity index (χ4n) is 4.41. The molecule has 0 spiro atoms. The molecule has 2 aromatic carbocycles. The molecule has 2 heterocycles. The van der Waals surface area contributed by atoms with E-state index in [0.29, 0.717) is 24.4 Å². The molecule has 2 amide bonds. The highest BCUT2D eigenvalue weighted by Gasteiger charge is 2.46. The quantitative estimate of drug-likeness (QED) is 0.719. The van der Waals surface area contributed by atoms with E-state index in [0.717, 1.165) is 23.5 Å². The minimum Gasteiger partial charge on any atom is -0.338 e. The summed E-state index contributed by atoms with van der Waals surface area (Å²) < 4.78 is 14.9. The summed E-state index contributed by atoms with van der Waals surface area (Å²) in [5.41, 5.74) is 3.21. The molecule has 0 aliphatic carbocycles. The second-order valence-corrected chi connectivity index (χ2v) is 7.73. The van der Waals surface area contributed by atoms with E-state index >= 15 is 0 Å². The standard InChI is InChI=1S/C24H27FN4O/c1-5-15-28-17(2)21-23(27(4)24(28)30)26(3)22(19-13-9-10-14-20(19)25)29(21)16-18-11-7-6-8-12-18/h6-14,22H,2,5,15-16H2,1,3-4H3. The highest BCUT2D eigenvalue weighted by molar-refractivity contribution is 5.81. The third-order valence-electron chi connectivity index (χ3n) is 5.76. The molecular weight excluding hydrogens is 379 g/mol. The number of hydrogen-bond acceptors (Lipinski definition) is 3. The Morgan fingerprint density at radius 3 is 2.37 bits per heavy atom. The van der Waals surface area contributed by atoms with Gasteiger partial charge in [-0.25, -0.2) is 9.18 Å². The Kier molecular flexibility index (Phi) is 5.24. The number of rotatable bonds is 5.